The Morgan fingerprint density at radius 2 is 1.95 bits per heavy atom. The van der Waals surface area contributed by atoms with Crippen LogP contribution in [0.15, 0.2) is 42.5 Å². The Labute approximate surface area is 120 Å². The fraction of sp³-hybridized carbons (Fsp3) is 0.0714. The molecular formula is C14H11ClFNOS. The molecule has 0 saturated heterocycles. The van der Waals surface area contributed by atoms with E-state index in [-0.39, 0.29) is 17.4 Å². The fourth-order valence-electron chi connectivity index (χ4n) is 1.63. The molecule has 0 aliphatic heterocycles. The molecule has 0 atom stereocenters. The van der Waals surface area contributed by atoms with Gasteiger partial charge in [0.25, 0.3) is 0 Å². The van der Waals surface area contributed by atoms with Gasteiger partial charge in [0.1, 0.15) is 23.2 Å². The van der Waals surface area contributed by atoms with Gasteiger partial charge in [-0.1, -0.05) is 48.1 Å². The fourth-order valence-corrected chi connectivity index (χ4v) is 2.17. The third-order valence-electron chi connectivity index (χ3n) is 2.56. The second-order valence-corrected chi connectivity index (χ2v) is 4.70. The van der Waals surface area contributed by atoms with Gasteiger partial charge in [0.05, 0.1) is 10.6 Å². The first-order valence-corrected chi connectivity index (χ1v) is 6.32. The predicted molar refractivity (Wildman–Crippen MR) is 78.1 cm³/mol. The van der Waals surface area contributed by atoms with Crippen molar-refractivity contribution in [3.8, 4) is 5.75 Å². The van der Waals surface area contributed by atoms with Crippen LogP contribution in [0.5, 0.6) is 5.75 Å². The highest BCUT2D eigenvalue weighted by molar-refractivity contribution is 7.80. The van der Waals surface area contributed by atoms with Crippen LogP contribution in [-0.4, -0.2) is 4.99 Å². The molecule has 0 heterocycles. The summed E-state index contributed by atoms with van der Waals surface area (Å²) in [7, 11) is 0. The van der Waals surface area contributed by atoms with Gasteiger partial charge in [-0.25, -0.2) is 4.39 Å². The first-order chi connectivity index (χ1) is 9.09. The molecule has 5 heteroatoms. The van der Waals surface area contributed by atoms with E-state index in [0.29, 0.717) is 21.9 Å². The minimum atomic E-state index is -0.318. The lowest BCUT2D eigenvalue weighted by Crippen LogP contribution is -2.12. The van der Waals surface area contributed by atoms with Crippen LogP contribution in [0, 0.1) is 5.82 Å². The van der Waals surface area contributed by atoms with Gasteiger partial charge in [0.15, 0.2) is 0 Å². The van der Waals surface area contributed by atoms with Crippen molar-refractivity contribution >= 4 is 28.8 Å². The summed E-state index contributed by atoms with van der Waals surface area (Å²) in [4.78, 5) is 0.147. The van der Waals surface area contributed by atoms with Gasteiger partial charge in [0.2, 0.25) is 0 Å². The first-order valence-electron chi connectivity index (χ1n) is 5.54. The molecular weight excluding hydrogens is 285 g/mol. The van der Waals surface area contributed by atoms with Crippen molar-refractivity contribution in [2.75, 3.05) is 0 Å². The van der Waals surface area contributed by atoms with Gasteiger partial charge < -0.3 is 10.5 Å². The molecule has 2 aromatic rings. The predicted octanol–water partition coefficient (Wildman–Crippen LogP) is 3.69. The number of hydrogen-bond acceptors (Lipinski definition) is 2. The number of thiocarbonyl (C=S) groups is 1. The van der Waals surface area contributed by atoms with E-state index in [1.165, 1.54) is 6.07 Å². The molecule has 98 valence electrons. The Hall–Kier alpha value is -1.65. The summed E-state index contributed by atoms with van der Waals surface area (Å²) in [6, 6.07) is 11.5. The van der Waals surface area contributed by atoms with Crippen LogP contribution in [0.1, 0.15) is 11.1 Å². The highest BCUT2D eigenvalue weighted by Crippen LogP contribution is 2.27. The SMILES string of the molecule is NC(=S)c1c(Cl)cccc1OCc1ccccc1F. The number of hydrogen-bond donors (Lipinski definition) is 1. The molecule has 2 aromatic carbocycles. The van der Waals surface area contributed by atoms with Crippen LogP contribution in [0.4, 0.5) is 4.39 Å². The molecule has 0 amide bonds. The van der Waals surface area contributed by atoms with Crippen molar-refractivity contribution < 1.29 is 9.13 Å². The second-order valence-electron chi connectivity index (χ2n) is 3.86. The summed E-state index contributed by atoms with van der Waals surface area (Å²) in [5, 5.41) is 0.415. The van der Waals surface area contributed by atoms with Crippen molar-refractivity contribution in [1.82, 2.24) is 0 Å². The van der Waals surface area contributed by atoms with E-state index in [4.69, 9.17) is 34.3 Å². The molecule has 0 aliphatic rings. The molecule has 2 nitrogen and oxygen atoms in total. The average molecular weight is 296 g/mol. The van der Waals surface area contributed by atoms with E-state index in [1.807, 2.05) is 0 Å². The van der Waals surface area contributed by atoms with Gasteiger partial charge in [0, 0.05) is 5.56 Å². The molecule has 0 spiro atoms. The topological polar surface area (TPSA) is 35.2 Å². The molecule has 2 rings (SSSR count). The average Bonchev–Trinajstić information content (AvgIpc) is 2.37. The Morgan fingerprint density at radius 3 is 2.63 bits per heavy atom. The van der Waals surface area contributed by atoms with Gasteiger partial charge in [-0.05, 0) is 18.2 Å². The zero-order chi connectivity index (χ0) is 13.8. The van der Waals surface area contributed by atoms with Gasteiger partial charge in [-0.3, -0.25) is 0 Å². The molecule has 0 aromatic heterocycles. The van der Waals surface area contributed by atoms with E-state index in [2.05, 4.69) is 0 Å². The van der Waals surface area contributed by atoms with Crippen molar-refractivity contribution in [1.29, 1.82) is 0 Å². The zero-order valence-corrected chi connectivity index (χ0v) is 11.5. The van der Waals surface area contributed by atoms with E-state index in [1.54, 1.807) is 36.4 Å². The lowest BCUT2D eigenvalue weighted by atomic mass is 10.2. The number of nitrogens with two attached hydrogens (primary N) is 1. The maximum atomic E-state index is 13.5. The minimum absolute atomic E-state index is 0.0859. The first kappa shape index (κ1) is 13.8. The van der Waals surface area contributed by atoms with Gasteiger partial charge >= 0.3 is 0 Å². The molecule has 0 radical (unpaired) electrons. The third kappa shape index (κ3) is 3.22. The number of ether oxygens (including phenoxy) is 1. The molecule has 0 unspecified atom stereocenters. The van der Waals surface area contributed by atoms with Crippen molar-refractivity contribution in [3.63, 3.8) is 0 Å². The molecule has 2 N–H and O–H groups in total. The smallest absolute Gasteiger partial charge is 0.131 e. The van der Waals surface area contributed by atoms with Crippen molar-refractivity contribution in [2.45, 2.75) is 6.61 Å². The van der Waals surface area contributed by atoms with Crippen LogP contribution in [0.2, 0.25) is 5.02 Å². The molecule has 0 aliphatic carbocycles. The minimum Gasteiger partial charge on any atom is -0.488 e. The Balaban J connectivity index is 2.23. The van der Waals surface area contributed by atoms with Crippen LogP contribution >= 0.6 is 23.8 Å². The van der Waals surface area contributed by atoms with Crippen LogP contribution in [0.25, 0.3) is 0 Å². The largest absolute Gasteiger partial charge is 0.488 e. The Bertz CT molecular complexity index is 618. The highest BCUT2D eigenvalue weighted by Gasteiger charge is 2.11. The molecule has 19 heavy (non-hydrogen) atoms. The van der Waals surface area contributed by atoms with E-state index in [9.17, 15) is 4.39 Å². The standard InChI is InChI=1S/C14H11ClFNOS/c15-10-5-3-7-12(13(10)14(17)19)18-8-9-4-1-2-6-11(9)16/h1-7H,8H2,(H2,17,19). The summed E-state index contributed by atoms with van der Waals surface area (Å²) in [6.45, 7) is 0.0859. The maximum Gasteiger partial charge on any atom is 0.131 e. The van der Waals surface area contributed by atoms with Gasteiger partial charge in [-0.15, -0.1) is 0 Å². The van der Waals surface area contributed by atoms with Crippen molar-refractivity contribution in [3.05, 3.63) is 64.4 Å². The number of halogens is 2. The molecule has 0 fully saturated rings. The van der Waals surface area contributed by atoms with Crippen LogP contribution < -0.4 is 10.5 Å². The normalized spacial score (nSPS) is 10.2. The monoisotopic (exact) mass is 295 g/mol. The summed E-state index contributed by atoms with van der Waals surface area (Å²) in [5.41, 5.74) is 6.53. The quantitative estimate of drug-likeness (QED) is 0.874. The van der Waals surface area contributed by atoms with Crippen LogP contribution in [-0.2, 0) is 6.61 Å². The third-order valence-corrected chi connectivity index (χ3v) is 3.08. The van der Waals surface area contributed by atoms with Crippen molar-refractivity contribution in [2.24, 2.45) is 5.73 Å². The number of benzene rings is 2. The highest BCUT2D eigenvalue weighted by atomic mass is 35.5. The van der Waals surface area contributed by atoms with E-state index >= 15 is 0 Å². The second kappa shape index (κ2) is 5.99. The molecule has 0 bridgehead atoms. The Kier molecular flexibility index (Phi) is 4.35. The maximum absolute atomic E-state index is 13.5. The van der Waals surface area contributed by atoms with Crippen LogP contribution in [0.3, 0.4) is 0 Å². The number of rotatable bonds is 4. The molecule has 0 saturated carbocycles. The van der Waals surface area contributed by atoms with Gasteiger partial charge in [-0.2, -0.15) is 0 Å². The Morgan fingerprint density at radius 1 is 1.21 bits per heavy atom. The lowest BCUT2D eigenvalue weighted by molar-refractivity contribution is 0.299. The summed E-state index contributed by atoms with van der Waals surface area (Å²) in [5.74, 6) is 0.129. The van der Waals surface area contributed by atoms with E-state index < -0.39 is 0 Å². The summed E-state index contributed by atoms with van der Waals surface area (Å²) >= 11 is 10.9. The summed E-state index contributed by atoms with van der Waals surface area (Å²) in [6.07, 6.45) is 0. The zero-order valence-electron chi connectivity index (χ0n) is 9.90. The summed E-state index contributed by atoms with van der Waals surface area (Å²) < 4.78 is 19.0. The van der Waals surface area contributed by atoms with E-state index in [0.717, 1.165) is 0 Å². The lowest BCUT2D eigenvalue weighted by Gasteiger charge is -2.12.